The largest absolute Gasteiger partial charge is 0.478 e. The van der Waals surface area contributed by atoms with E-state index in [9.17, 15) is 5.11 Å². The Balaban J connectivity index is 0.00000133. The molecule has 0 fully saturated rings. The van der Waals surface area contributed by atoms with Gasteiger partial charge in [0, 0.05) is 0 Å². The summed E-state index contributed by atoms with van der Waals surface area (Å²) in [6.07, 6.45) is 0. The van der Waals surface area contributed by atoms with Gasteiger partial charge in [-0.25, -0.2) is 5.01 Å². The van der Waals surface area contributed by atoms with Crippen LogP contribution >= 0.6 is 0 Å². The van der Waals surface area contributed by atoms with Crippen LogP contribution in [0.5, 0.6) is 0 Å². The summed E-state index contributed by atoms with van der Waals surface area (Å²) in [5.41, 5.74) is 4.65. The molecule has 2 aromatic rings. The van der Waals surface area contributed by atoms with E-state index in [2.05, 4.69) is 10.6 Å². The number of nitrogens with one attached hydrogen (secondary N) is 1. The summed E-state index contributed by atoms with van der Waals surface area (Å²) in [6, 6.07) is 18.9. The number of hydrogen-bond donors (Lipinski definition) is 2. The second-order valence-corrected chi connectivity index (χ2v) is 3.82. The predicted octanol–water partition coefficient (Wildman–Crippen LogP) is 1.44. The van der Waals surface area contributed by atoms with Crippen molar-refractivity contribution < 1.29 is 10.6 Å². The third kappa shape index (κ3) is 2.49. The topological polar surface area (TPSA) is 82.6 Å². The number of rotatable bonds is 2. The highest BCUT2D eigenvalue weighted by Gasteiger charge is 2.24. The Bertz CT molecular complexity index is 559. The quantitative estimate of drug-likeness (QED) is 0.853. The second-order valence-electron chi connectivity index (χ2n) is 3.82. The zero-order valence-electron chi connectivity index (χ0n) is 10.1. The molecule has 3 rings (SSSR count). The van der Waals surface area contributed by atoms with Crippen LogP contribution in [0.1, 0.15) is 0 Å². The Morgan fingerprint density at radius 3 is 1.95 bits per heavy atom. The van der Waals surface area contributed by atoms with Gasteiger partial charge < -0.3 is 10.6 Å². The Morgan fingerprint density at radius 2 is 1.37 bits per heavy atom. The third-order valence-corrected chi connectivity index (χ3v) is 2.60. The Hall–Kier alpha value is -2.57. The average Bonchev–Trinajstić information content (AvgIpc) is 2.83. The van der Waals surface area contributed by atoms with Gasteiger partial charge >= 0.3 is 6.02 Å². The minimum Gasteiger partial charge on any atom is -0.478 e. The van der Waals surface area contributed by atoms with E-state index < -0.39 is 0 Å². The van der Waals surface area contributed by atoms with E-state index in [-0.39, 0.29) is 11.5 Å². The lowest BCUT2D eigenvalue weighted by Crippen LogP contribution is -2.43. The number of hydrazine groups is 2. The molecule has 0 saturated heterocycles. The number of aliphatic hydroxyl groups is 1. The molecule has 4 N–H and O–H groups in total. The van der Waals surface area contributed by atoms with Crippen molar-refractivity contribution in [2.45, 2.75) is 0 Å². The Kier molecular flexibility index (Phi) is 3.65. The molecule has 2 aromatic carbocycles. The van der Waals surface area contributed by atoms with Crippen LogP contribution in [0.4, 0.5) is 11.4 Å². The standard InChI is InChI=1S/C13H12N4O.H2O/c18-13-14-17(12-9-5-2-6-10-12)15-16(13)11-7-3-1-4-8-11;/h1-10,15H,(H,14,18);1H2. The van der Waals surface area contributed by atoms with Gasteiger partial charge in [-0.2, -0.15) is 5.12 Å². The summed E-state index contributed by atoms with van der Waals surface area (Å²) in [5, 5.41) is 16.9. The molecular weight excluding hydrogens is 244 g/mol. The van der Waals surface area contributed by atoms with Gasteiger partial charge in [-0.15, -0.1) is 5.53 Å². The summed E-state index contributed by atoms with van der Waals surface area (Å²) in [7, 11) is 0. The predicted molar refractivity (Wildman–Crippen MR) is 74.7 cm³/mol. The van der Waals surface area contributed by atoms with E-state index in [0.29, 0.717) is 0 Å². The smallest absolute Gasteiger partial charge is 0.329 e. The summed E-state index contributed by atoms with van der Waals surface area (Å²) < 4.78 is 0. The first-order valence-electron chi connectivity index (χ1n) is 5.59. The van der Waals surface area contributed by atoms with Crippen molar-refractivity contribution in [3.8, 4) is 0 Å². The third-order valence-electron chi connectivity index (χ3n) is 2.60. The highest BCUT2D eigenvalue weighted by atomic mass is 16.3. The zero-order valence-corrected chi connectivity index (χ0v) is 10.1. The number of benzene rings is 2. The lowest BCUT2D eigenvalue weighted by atomic mass is 10.3. The van der Waals surface area contributed by atoms with Gasteiger partial charge in [0.05, 0.1) is 11.4 Å². The van der Waals surface area contributed by atoms with Crippen LogP contribution in [0.2, 0.25) is 0 Å². The van der Waals surface area contributed by atoms with E-state index in [1.165, 1.54) is 10.1 Å². The molecule has 19 heavy (non-hydrogen) atoms. The van der Waals surface area contributed by atoms with Crippen molar-refractivity contribution in [3.63, 3.8) is 0 Å². The van der Waals surface area contributed by atoms with Gasteiger partial charge in [0.15, 0.2) is 0 Å². The van der Waals surface area contributed by atoms with Crippen LogP contribution in [-0.4, -0.2) is 16.6 Å². The molecule has 0 amide bonds. The average molecular weight is 258 g/mol. The van der Waals surface area contributed by atoms with E-state index >= 15 is 0 Å². The van der Waals surface area contributed by atoms with Crippen LogP contribution in [0, 0.1) is 0 Å². The van der Waals surface area contributed by atoms with Crippen LogP contribution < -0.4 is 15.7 Å². The van der Waals surface area contributed by atoms with Crippen molar-refractivity contribution in [2.24, 2.45) is 5.10 Å². The number of aliphatic hydroxyl groups excluding tert-OH is 1. The fourth-order valence-electron chi connectivity index (χ4n) is 1.73. The second kappa shape index (κ2) is 5.38. The van der Waals surface area contributed by atoms with Gasteiger partial charge in [-0.3, -0.25) is 0 Å². The molecule has 0 bridgehead atoms. The van der Waals surface area contributed by atoms with Gasteiger partial charge in [0.1, 0.15) is 0 Å². The molecule has 98 valence electrons. The minimum absolute atomic E-state index is 0. The maximum atomic E-state index is 9.85. The lowest BCUT2D eigenvalue weighted by Gasteiger charge is -2.19. The van der Waals surface area contributed by atoms with Gasteiger partial charge in [0.25, 0.3) is 0 Å². The van der Waals surface area contributed by atoms with Crippen molar-refractivity contribution in [1.29, 1.82) is 0 Å². The normalized spacial score (nSPS) is 14.0. The minimum atomic E-state index is -0.0925. The molecule has 0 aromatic heterocycles. The first-order valence-corrected chi connectivity index (χ1v) is 5.59. The Labute approximate surface area is 110 Å². The molecule has 6 nitrogen and oxygen atoms in total. The molecule has 1 aliphatic heterocycles. The van der Waals surface area contributed by atoms with E-state index in [1.807, 2.05) is 60.7 Å². The van der Waals surface area contributed by atoms with E-state index in [0.717, 1.165) is 11.4 Å². The number of nitrogens with zero attached hydrogens (tertiary/aromatic N) is 3. The van der Waals surface area contributed by atoms with Crippen LogP contribution in [0.3, 0.4) is 0 Å². The van der Waals surface area contributed by atoms with Crippen molar-refractivity contribution in [1.82, 2.24) is 5.53 Å². The first kappa shape index (κ1) is 12.9. The van der Waals surface area contributed by atoms with Crippen LogP contribution in [0.25, 0.3) is 0 Å². The highest BCUT2D eigenvalue weighted by Crippen LogP contribution is 2.19. The molecule has 0 atom stereocenters. The summed E-state index contributed by atoms with van der Waals surface area (Å²) in [6.45, 7) is 0. The molecular formula is C13H14N4O2. The molecule has 6 heteroatoms. The molecule has 1 heterocycles. The SMILES string of the molecule is O.OC1=NN(c2ccccc2)NN1c1ccccc1. The van der Waals surface area contributed by atoms with E-state index in [1.54, 1.807) is 0 Å². The van der Waals surface area contributed by atoms with Crippen molar-refractivity contribution in [2.75, 3.05) is 10.1 Å². The number of hydrazone groups is 1. The number of hydrogen-bond acceptors (Lipinski definition) is 4. The molecule has 0 unspecified atom stereocenters. The lowest BCUT2D eigenvalue weighted by molar-refractivity contribution is 0.534. The zero-order chi connectivity index (χ0) is 12.4. The highest BCUT2D eigenvalue weighted by molar-refractivity contribution is 5.91. The number of anilines is 2. The summed E-state index contributed by atoms with van der Waals surface area (Å²) in [5.74, 6) is 0. The molecule has 1 aliphatic rings. The van der Waals surface area contributed by atoms with Gasteiger partial charge in [0.2, 0.25) is 0 Å². The van der Waals surface area contributed by atoms with Crippen molar-refractivity contribution in [3.05, 3.63) is 60.7 Å². The molecule has 0 aliphatic carbocycles. The number of amidine groups is 1. The summed E-state index contributed by atoms with van der Waals surface area (Å²) in [4.78, 5) is 0. The maximum absolute atomic E-state index is 9.85. The summed E-state index contributed by atoms with van der Waals surface area (Å²) >= 11 is 0. The maximum Gasteiger partial charge on any atom is 0.329 e. The monoisotopic (exact) mass is 258 g/mol. The molecule has 0 radical (unpaired) electrons. The van der Waals surface area contributed by atoms with E-state index in [4.69, 9.17) is 0 Å². The fraction of sp³-hybridized carbons (Fsp3) is 0. The van der Waals surface area contributed by atoms with Gasteiger partial charge in [-0.05, 0) is 24.3 Å². The molecule has 0 saturated carbocycles. The first-order chi connectivity index (χ1) is 8.84. The Morgan fingerprint density at radius 1 is 0.842 bits per heavy atom. The van der Waals surface area contributed by atoms with Crippen LogP contribution in [0.15, 0.2) is 65.8 Å². The van der Waals surface area contributed by atoms with Crippen molar-refractivity contribution >= 4 is 17.4 Å². The van der Waals surface area contributed by atoms with Crippen LogP contribution in [-0.2, 0) is 0 Å². The fourth-order valence-corrected chi connectivity index (χ4v) is 1.73. The molecule has 0 spiro atoms. The van der Waals surface area contributed by atoms with Gasteiger partial charge in [-0.1, -0.05) is 41.5 Å². The number of para-hydroxylation sites is 2.